The fourth-order valence-corrected chi connectivity index (χ4v) is 0.634. The molecule has 1 rings (SSSR count). The van der Waals surface area contributed by atoms with E-state index >= 15 is 0 Å². The molecule has 0 saturated heterocycles. The van der Waals surface area contributed by atoms with Crippen molar-refractivity contribution in [3.05, 3.63) is 41.8 Å². The maximum absolute atomic E-state index is 9.75. The minimum Gasteiger partial charge on any atom is -0.418 e. The maximum Gasteiger partial charge on any atom is 1.00 e. The second-order valence-electron chi connectivity index (χ2n) is 3.08. The predicted molar refractivity (Wildman–Crippen MR) is 66.5 cm³/mol. The molecule has 0 amide bonds. The van der Waals surface area contributed by atoms with Crippen LogP contribution in [-0.2, 0) is 0 Å². The maximum atomic E-state index is 9.75. The van der Waals surface area contributed by atoms with Gasteiger partial charge in [-0.2, -0.15) is 30.2 Å². The van der Waals surface area contributed by atoms with Crippen LogP contribution in [0.4, 0.5) is 51.8 Å². The number of hydrogen-bond acceptors (Lipinski definition) is 0. The average molecular weight is 425 g/mol. The third kappa shape index (κ3) is 79.0. The standard InChI is InChI=1S/C7H6Cl.3BF4.K/c1-6-4-2-3-5-7(6)8;3*2-1(3,4)5;/h2-5H,1H2;;;;/q4*-1;+1. The zero-order valence-corrected chi connectivity index (χ0v) is 15.5. The molecule has 0 unspecified atom stereocenters. The van der Waals surface area contributed by atoms with E-state index in [0.29, 0.717) is 0 Å². The zero-order valence-electron chi connectivity index (χ0n) is 11.7. The molecular weight excluding hydrogens is 419 g/mol. The molecule has 0 aromatic heterocycles. The van der Waals surface area contributed by atoms with Crippen LogP contribution in [0, 0.1) is 6.92 Å². The van der Waals surface area contributed by atoms with Crippen LogP contribution >= 0.6 is 11.6 Å². The first kappa shape index (κ1) is 32.1. The third-order valence-corrected chi connectivity index (χ3v) is 1.33. The largest absolute Gasteiger partial charge is 1.00 e. The Morgan fingerprint density at radius 2 is 0.833 bits per heavy atom. The Morgan fingerprint density at radius 1 is 0.625 bits per heavy atom. The van der Waals surface area contributed by atoms with Gasteiger partial charge in [-0.1, -0.05) is 11.1 Å². The van der Waals surface area contributed by atoms with Gasteiger partial charge in [0.25, 0.3) is 0 Å². The summed E-state index contributed by atoms with van der Waals surface area (Å²) in [5.74, 6) is 0. The molecule has 0 aliphatic heterocycles. The summed E-state index contributed by atoms with van der Waals surface area (Å²) in [6.07, 6.45) is 0. The summed E-state index contributed by atoms with van der Waals surface area (Å²) in [5.41, 5.74) is 0.883. The van der Waals surface area contributed by atoms with Crippen molar-refractivity contribution in [2.45, 2.75) is 0 Å². The van der Waals surface area contributed by atoms with E-state index in [-0.39, 0.29) is 51.4 Å². The van der Waals surface area contributed by atoms with E-state index in [4.69, 9.17) is 11.6 Å². The van der Waals surface area contributed by atoms with Crippen LogP contribution in [0.2, 0.25) is 5.02 Å². The summed E-state index contributed by atoms with van der Waals surface area (Å²) in [5, 5.41) is 0.729. The second kappa shape index (κ2) is 14.5. The molecule has 0 N–H and O–H groups in total. The molecular formula is C7H6B3ClF12K-3. The molecule has 0 fully saturated rings. The Balaban J connectivity index is -0.000000113. The van der Waals surface area contributed by atoms with Crippen molar-refractivity contribution < 1.29 is 103 Å². The fraction of sp³-hybridized carbons (Fsp3) is 0. The van der Waals surface area contributed by atoms with Gasteiger partial charge in [0.2, 0.25) is 0 Å². The molecule has 0 heterocycles. The van der Waals surface area contributed by atoms with Crippen LogP contribution in [0.1, 0.15) is 5.56 Å². The topological polar surface area (TPSA) is 0 Å². The molecule has 0 saturated carbocycles. The third-order valence-electron chi connectivity index (χ3n) is 0.958. The van der Waals surface area contributed by atoms with E-state index in [1.165, 1.54) is 0 Å². The minimum absolute atomic E-state index is 0. The molecule has 0 aliphatic rings. The smallest absolute Gasteiger partial charge is 0.418 e. The number of hydrogen-bond donors (Lipinski definition) is 0. The van der Waals surface area contributed by atoms with Crippen LogP contribution in [0.5, 0.6) is 0 Å². The SMILES string of the molecule is F[B-](F)(F)F.F[B-](F)(F)F.F[B-](F)(F)F.[CH2-]c1ccccc1Cl.[K+]. The summed E-state index contributed by atoms with van der Waals surface area (Å²) >= 11 is 5.65. The van der Waals surface area contributed by atoms with Crippen LogP contribution in [-0.4, -0.2) is 21.8 Å². The van der Waals surface area contributed by atoms with E-state index in [0.717, 1.165) is 10.6 Å². The van der Waals surface area contributed by atoms with Gasteiger partial charge < -0.3 is 51.8 Å². The number of halogens is 13. The van der Waals surface area contributed by atoms with Crippen LogP contribution in [0.25, 0.3) is 0 Å². The normalized spacial score (nSPS) is 10.5. The Bertz CT molecular complexity index is 353. The summed E-state index contributed by atoms with van der Waals surface area (Å²) < 4.78 is 117. The fourth-order valence-electron chi connectivity index (χ4n) is 0.498. The molecule has 0 radical (unpaired) electrons. The summed E-state index contributed by atoms with van der Waals surface area (Å²) in [7, 11) is -18.0. The van der Waals surface area contributed by atoms with Gasteiger partial charge in [0, 0.05) is 0 Å². The molecule has 0 nitrogen and oxygen atoms in total. The van der Waals surface area contributed by atoms with Gasteiger partial charge in [0.05, 0.1) is 0 Å². The van der Waals surface area contributed by atoms with Gasteiger partial charge in [-0.15, -0.1) is 12.1 Å². The summed E-state index contributed by atoms with van der Waals surface area (Å²) in [4.78, 5) is 0. The van der Waals surface area contributed by atoms with Gasteiger partial charge >= 0.3 is 73.1 Å². The summed E-state index contributed by atoms with van der Waals surface area (Å²) in [6, 6.07) is 7.50. The zero-order chi connectivity index (χ0) is 19.5. The number of rotatable bonds is 0. The predicted octanol–water partition coefficient (Wildman–Crippen LogP) is 3.43. The van der Waals surface area contributed by atoms with Crippen LogP contribution < -0.4 is 51.4 Å². The Labute approximate surface area is 177 Å². The summed E-state index contributed by atoms with van der Waals surface area (Å²) in [6.45, 7) is 3.69. The van der Waals surface area contributed by atoms with Crippen molar-refractivity contribution >= 4 is 33.4 Å². The molecule has 0 aliphatic carbocycles. The molecule has 0 spiro atoms. The first-order valence-corrected chi connectivity index (χ1v) is 5.37. The van der Waals surface area contributed by atoms with E-state index in [9.17, 15) is 51.8 Å². The van der Waals surface area contributed by atoms with E-state index in [1.54, 1.807) is 0 Å². The molecule has 0 bridgehead atoms. The Hall–Kier alpha value is 0.371. The van der Waals surface area contributed by atoms with Gasteiger partial charge in [0.15, 0.2) is 0 Å². The quantitative estimate of drug-likeness (QED) is 0.340. The average Bonchev–Trinajstić information content (AvgIpc) is 2.14. The first-order valence-electron chi connectivity index (χ1n) is 4.99. The van der Waals surface area contributed by atoms with Gasteiger partial charge in [-0.3, -0.25) is 0 Å². The Morgan fingerprint density at radius 3 is 0.958 bits per heavy atom. The van der Waals surface area contributed by atoms with Gasteiger partial charge in [0.1, 0.15) is 0 Å². The minimum atomic E-state index is -6.00. The van der Waals surface area contributed by atoms with Gasteiger partial charge in [-0.05, 0) is 0 Å². The molecule has 0 atom stereocenters. The molecule has 24 heavy (non-hydrogen) atoms. The van der Waals surface area contributed by atoms with Crippen LogP contribution in [0.15, 0.2) is 24.3 Å². The van der Waals surface area contributed by atoms with E-state index in [2.05, 4.69) is 6.92 Å². The van der Waals surface area contributed by atoms with Crippen molar-refractivity contribution in [3.8, 4) is 0 Å². The van der Waals surface area contributed by atoms with E-state index < -0.39 is 21.8 Å². The van der Waals surface area contributed by atoms with Crippen molar-refractivity contribution in [3.63, 3.8) is 0 Å². The molecule has 17 heteroatoms. The van der Waals surface area contributed by atoms with Crippen LogP contribution in [0.3, 0.4) is 0 Å². The van der Waals surface area contributed by atoms with Crippen molar-refractivity contribution in [1.82, 2.24) is 0 Å². The molecule has 1 aromatic rings. The Kier molecular flexibility index (Phi) is 19.4. The second-order valence-corrected chi connectivity index (χ2v) is 3.48. The monoisotopic (exact) mass is 425 g/mol. The molecule has 1 aromatic carbocycles. The van der Waals surface area contributed by atoms with E-state index in [1.807, 2.05) is 24.3 Å². The van der Waals surface area contributed by atoms with Crippen molar-refractivity contribution in [1.29, 1.82) is 0 Å². The number of benzene rings is 1. The van der Waals surface area contributed by atoms with Gasteiger partial charge in [-0.25, -0.2) is 0 Å². The van der Waals surface area contributed by atoms with Crippen molar-refractivity contribution in [2.24, 2.45) is 0 Å². The first-order chi connectivity index (χ1) is 9.80. The molecule has 138 valence electrons. The van der Waals surface area contributed by atoms with Crippen molar-refractivity contribution in [2.75, 3.05) is 0 Å².